The number of benzene rings is 2. The summed E-state index contributed by atoms with van der Waals surface area (Å²) in [4.78, 5) is 24.1. The zero-order valence-corrected chi connectivity index (χ0v) is 14.8. The molecule has 5 nitrogen and oxygen atoms in total. The van der Waals surface area contributed by atoms with E-state index in [1.807, 2.05) is 54.6 Å². The van der Waals surface area contributed by atoms with Crippen LogP contribution in [-0.2, 0) is 24.3 Å². The van der Waals surface area contributed by atoms with E-state index in [1.165, 1.54) is 0 Å². The van der Waals surface area contributed by atoms with Crippen LogP contribution in [0.3, 0.4) is 0 Å². The highest BCUT2D eigenvalue weighted by Crippen LogP contribution is 2.28. The monoisotopic (exact) mass is 360 g/mol. The normalized spacial score (nSPS) is 15.0. The van der Waals surface area contributed by atoms with Crippen molar-refractivity contribution in [3.63, 3.8) is 0 Å². The summed E-state index contributed by atoms with van der Waals surface area (Å²) in [5, 5.41) is 2.93. The Hall–Kier alpha value is -3.34. The number of hydrogen-bond acceptors (Lipinski definition) is 3. The van der Waals surface area contributed by atoms with Crippen LogP contribution in [0.15, 0.2) is 77.7 Å². The maximum atomic E-state index is 12.4. The van der Waals surface area contributed by atoms with E-state index in [-0.39, 0.29) is 11.5 Å². The molecule has 3 aromatic rings. The summed E-state index contributed by atoms with van der Waals surface area (Å²) in [6.45, 7) is 0.973. The van der Waals surface area contributed by atoms with Gasteiger partial charge in [0.25, 0.3) is 11.5 Å². The smallest absolute Gasteiger partial charge is 0.261 e. The average molecular weight is 360 g/mol. The summed E-state index contributed by atoms with van der Waals surface area (Å²) in [5.41, 5.74) is 3.08. The molecular formula is C22H20N2O3. The molecule has 0 aliphatic carbocycles. The highest BCUT2D eigenvalue weighted by Gasteiger charge is 2.28. The molecular weight excluding hydrogens is 340 g/mol. The topological polar surface area (TPSA) is 60.3 Å². The summed E-state index contributed by atoms with van der Waals surface area (Å²) >= 11 is 0. The third kappa shape index (κ3) is 3.92. The Balaban J connectivity index is 1.32. The number of carbonyl (C=O) groups is 1. The number of hydrogen-bond donors (Lipinski definition) is 1. The second-order valence-corrected chi connectivity index (χ2v) is 6.62. The number of amides is 1. The molecule has 1 aromatic heterocycles. The number of para-hydroxylation sites is 1. The Morgan fingerprint density at radius 1 is 1.00 bits per heavy atom. The summed E-state index contributed by atoms with van der Waals surface area (Å²) in [6, 6.07) is 20.7. The minimum atomic E-state index is -0.466. The van der Waals surface area contributed by atoms with Gasteiger partial charge in [-0.1, -0.05) is 48.5 Å². The number of aromatic nitrogens is 1. The van der Waals surface area contributed by atoms with E-state index in [4.69, 9.17) is 4.74 Å². The summed E-state index contributed by atoms with van der Waals surface area (Å²) < 4.78 is 7.37. The minimum absolute atomic E-state index is 0.0219. The van der Waals surface area contributed by atoms with Gasteiger partial charge in [-0.25, -0.2) is 0 Å². The largest absolute Gasteiger partial charge is 0.480 e. The fourth-order valence-corrected chi connectivity index (χ4v) is 3.18. The number of nitrogens with one attached hydrogen (secondary N) is 1. The SMILES string of the molecule is O=C(NCc1ccc(Cn2ccccc2=O)cc1)C1Cc2ccccc2O1. The number of ether oxygens (including phenoxy) is 1. The summed E-state index contributed by atoms with van der Waals surface area (Å²) in [6.07, 6.45) is 1.91. The molecule has 0 spiro atoms. The van der Waals surface area contributed by atoms with Crippen LogP contribution in [0.5, 0.6) is 5.75 Å². The standard InChI is InChI=1S/C22H20N2O3/c25-21-7-3-4-12-24(21)15-17-10-8-16(9-11-17)14-23-22(26)20-13-18-5-1-2-6-19(18)27-20/h1-12,20H,13-15H2,(H,23,26). The quantitative estimate of drug-likeness (QED) is 0.761. The van der Waals surface area contributed by atoms with Crippen LogP contribution in [0.25, 0.3) is 0 Å². The van der Waals surface area contributed by atoms with Crippen molar-refractivity contribution in [1.29, 1.82) is 0 Å². The van der Waals surface area contributed by atoms with Gasteiger partial charge < -0.3 is 14.6 Å². The van der Waals surface area contributed by atoms with E-state index in [0.717, 1.165) is 22.4 Å². The lowest BCUT2D eigenvalue weighted by Gasteiger charge is -2.12. The Morgan fingerprint density at radius 2 is 1.74 bits per heavy atom. The van der Waals surface area contributed by atoms with E-state index >= 15 is 0 Å². The van der Waals surface area contributed by atoms with Crippen LogP contribution >= 0.6 is 0 Å². The molecule has 0 fully saturated rings. The highest BCUT2D eigenvalue weighted by atomic mass is 16.5. The molecule has 0 bridgehead atoms. The van der Waals surface area contributed by atoms with E-state index in [9.17, 15) is 9.59 Å². The van der Waals surface area contributed by atoms with Gasteiger partial charge in [0.05, 0.1) is 6.54 Å². The van der Waals surface area contributed by atoms with Crippen LogP contribution in [0.4, 0.5) is 0 Å². The van der Waals surface area contributed by atoms with Crippen molar-refractivity contribution in [2.24, 2.45) is 0 Å². The van der Waals surface area contributed by atoms with Gasteiger partial charge in [0.15, 0.2) is 6.10 Å². The van der Waals surface area contributed by atoms with Gasteiger partial charge in [0.1, 0.15) is 5.75 Å². The van der Waals surface area contributed by atoms with Crippen LogP contribution < -0.4 is 15.6 Å². The predicted octanol–water partition coefficient (Wildman–Crippen LogP) is 2.52. The second-order valence-electron chi connectivity index (χ2n) is 6.62. The van der Waals surface area contributed by atoms with Crippen molar-refractivity contribution < 1.29 is 9.53 Å². The van der Waals surface area contributed by atoms with Crippen molar-refractivity contribution in [3.8, 4) is 5.75 Å². The fourth-order valence-electron chi connectivity index (χ4n) is 3.18. The third-order valence-corrected chi connectivity index (χ3v) is 4.68. The van der Waals surface area contributed by atoms with E-state index in [0.29, 0.717) is 19.5 Å². The summed E-state index contributed by atoms with van der Waals surface area (Å²) in [5.74, 6) is 0.685. The molecule has 0 radical (unpaired) electrons. The highest BCUT2D eigenvalue weighted by molar-refractivity contribution is 5.82. The lowest BCUT2D eigenvalue weighted by molar-refractivity contribution is -0.127. The van der Waals surface area contributed by atoms with Gasteiger partial charge in [-0.2, -0.15) is 0 Å². The molecule has 1 amide bonds. The van der Waals surface area contributed by atoms with Gasteiger partial charge >= 0.3 is 0 Å². The molecule has 1 aliphatic rings. The Bertz CT molecular complexity index is 983. The molecule has 1 unspecified atom stereocenters. The molecule has 0 saturated heterocycles. The molecule has 27 heavy (non-hydrogen) atoms. The second kappa shape index (κ2) is 7.50. The van der Waals surface area contributed by atoms with Crippen molar-refractivity contribution in [2.75, 3.05) is 0 Å². The van der Waals surface area contributed by atoms with Crippen molar-refractivity contribution in [1.82, 2.24) is 9.88 Å². The van der Waals surface area contributed by atoms with Gasteiger partial charge in [0, 0.05) is 25.2 Å². The average Bonchev–Trinajstić information content (AvgIpc) is 3.13. The fraction of sp³-hybridized carbons (Fsp3) is 0.182. The lowest BCUT2D eigenvalue weighted by Crippen LogP contribution is -2.37. The third-order valence-electron chi connectivity index (χ3n) is 4.68. The van der Waals surface area contributed by atoms with Gasteiger partial charge in [0.2, 0.25) is 0 Å². The molecule has 0 saturated carbocycles. The first-order chi connectivity index (χ1) is 13.2. The number of pyridine rings is 1. The predicted molar refractivity (Wildman–Crippen MR) is 103 cm³/mol. The van der Waals surface area contributed by atoms with Gasteiger partial charge in [-0.05, 0) is 28.8 Å². The number of carbonyl (C=O) groups excluding carboxylic acids is 1. The zero-order chi connectivity index (χ0) is 18.6. The molecule has 1 atom stereocenters. The number of nitrogens with zero attached hydrogens (tertiary/aromatic N) is 1. The Labute approximate surface area is 157 Å². The van der Waals surface area contributed by atoms with Crippen molar-refractivity contribution in [3.05, 3.63) is 100.0 Å². The van der Waals surface area contributed by atoms with Crippen LogP contribution in [0.1, 0.15) is 16.7 Å². The van der Waals surface area contributed by atoms with Crippen molar-refractivity contribution in [2.45, 2.75) is 25.6 Å². The lowest BCUT2D eigenvalue weighted by atomic mass is 10.1. The van der Waals surface area contributed by atoms with Crippen molar-refractivity contribution >= 4 is 5.91 Å². The van der Waals surface area contributed by atoms with Gasteiger partial charge in [-0.15, -0.1) is 0 Å². The van der Waals surface area contributed by atoms with Crippen LogP contribution in [0, 0.1) is 0 Å². The first-order valence-electron chi connectivity index (χ1n) is 8.94. The Morgan fingerprint density at radius 3 is 2.52 bits per heavy atom. The molecule has 1 N–H and O–H groups in total. The van der Waals surface area contributed by atoms with Gasteiger partial charge in [-0.3, -0.25) is 9.59 Å². The number of fused-ring (bicyclic) bond motifs is 1. The Kier molecular flexibility index (Phi) is 4.75. The first-order valence-corrected chi connectivity index (χ1v) is 8.94. The number of rotatable bonds is 5. The zero-order valence-electron chi connectivity index (χ0n) is 14.8. The maximum absolute atomic E-state index is 12.4. The van der Waals surface area contributed by atoms with E-state index in [1.54, 1.807) is 22.9 Å². The molecule has 4 rings (SSSR count). The first kappa shape index (κ1) is 17.1. The molecule has 2 heterocycles. The van der Waals surface area contributed by atoms with E-state index < -0.39 is 6.10 Å². The minimum Gasteiger partial charge on any atom is -0.480 e. The van der Waals surface area contributed by atoms with E-state index in [2.05, 4.69) is 5.32 Å². The van der Waals surface area contributed by atoms with Crippen LogP contribution in [0.2, 0.25) is 0 Å². The maximum Gasteiger partial charge on any atom is 0.261 e. The molecule has 1 aliphatic heterocycles. The summed E-state index contributed by atoms with van der Waals surface area (Å²) in [7, 11) is 0. The molecule has 136 valence electrons. The van der Waals surface area contributed by atoms with Crippen LogP contribution in [-0.4, -0.2) is 16.6 Å². The molecule has 5 heteroatoms. The molecule has 2 aromatic carbocycles.